The average molecular weight is 229 g/mol. The second-order valence-corrected chi connectivity index (χ2v) is 3.91. The summed E-state index contributed by atoms with van der Waals surface area (Å²) in [7, 11) is 1.63. The monoisotopic (exact) mass is 229 g/mol. The molecule has 0 spiro atoms. The molecule has 1 N–H and O–H groups in total. The van der Waals surface area contributed by atoms with Gasteiger partial charge in [-0.3, -0.25) is 4.98 Å². The third-order valence-electron chi connectivity index (χ3n) is 2.80. The Morgan fingerprint density at radius 1 is 1.18 bits per heavy atom. The lowest BCUT2D eigenvalue weighted by Gasteiger charge is -2.07. The van der Waals surface area contributed by atoms with Crippen molar-refractivity contribution in [3.63, 3.8) is 0 Å². The molecule has 1 heterocycles. The Balaban J connectivity index is 2.42. The van der Waals surface area contributed by atoms with Gasteiger partial charge in [-0.25, -0.2) is 0 Å². The second-order valence-electron chi connectivity index (χ2n) is 3.91. The molecule has 0 unspecified atom stereocenters. The minimum Gasteiger partial charge on any atom is -0.495 e. The highest BCUT2D eigenvalue weighted by Crippen LogP contribution is 2.24. The number of aliphatic hydroxyl groups is 1. The molecule has 88 valence electrons. The van der Waals surface area contributed by atoms with Gasteiger partial charge in [0, 0.05) is 11.8 Å². The number of benzene rings is 1. The molecule has 0 fully saturated rings. The smallest absolute Gasteiger partial charge is 0.137 e. The maximum absolute atomic E-state index is 9.13. The summed E-state index contributed by atoms with van der Waals surface area (Å²) >= 11 is 0. The molecule has 2 aromatic rings. The van der Waals surface area contributed by atoms with Crippen molar-refractivity contribution in [2.45, 2.75) is 13.5 Å². The molecule has 0 aliphatic carbocycles. The highest BCUT2D eigenvalue weighted by molar-refractivity contribution is 5.65. The molecule has 0 amide bonds. The van der Waals surface area contributed by atoms with Crippen LogP contribution in [-0.2, 0) is 6.61 Å². The summed E-state index contributed by atoms with van der Waals surface area (Å²) < 4.78 is 5.15. The van der Waals surface area contributed by atoms with Gasteiger partial charge in [-0.1, -0.05) is 18.2 Å². The van der Waals surface area contributed by atoms with Crippen LogP contribution in [0.1, 0.15) is 11.1 Å². The van der Waals surface area contributed by atoms with Crippen LogP contribution in [-0.4, -0.2) is 17.2 Å². The molecule has 0 aliphatic heterocycles. The molecule has 3 nitrogen and oxygen atoms in total. The van der Waals surface area contributed by atoms with E-state index in [9.17, 15) is 0 Å². The number of hydrogen-bond acceptors (Lipinski definition) is 3. The third-order valence-corrected chi connectivity index (χ3v) is 2.80. The topological polar surface area (TPSA) is 42.4 Å². The van der Waals surface area contributed by atoms with Crippen molar-refractivity contribution in [2.75, 3.05) is 7.11 Å². The lowest BCUT2D eigenvalue weighted by molar-refractivity contribution is 0.281. The van der Waals surface area contributed by atoms with Crippen LogP contribution in [0.4, 0.5) is 0 Å². The van der Waals surface area contributed by atoms with Gasteiger partial charge >= 0.3 is 0 Å². The Morgan fingerprint density at radius 3 is 2.65 bits per heavy atom. The normalized spacial score (nSPS) is 10.3. The number of aryl methyl sites for hydroxylation is 1. The van der Waals surface area contributed by atoms with Gasteiger partial charge in [0.15, 0.2) is 0 Å². The third kappa shape index (κ3) is 2.45. The number of hydrogen-bond donors (Lipinski definition) is 1. The van der Waals surface area contributed by atoms with E-state index in [0.717, 1.165) is 28.0 Å². The van der Waals surface area contributed by atoms with Crippen LogP contribution in [0, 0.1) is 6.92 Å². The van der Waals surface area contributed by atoms with Crippen LogP contribution in [0.3, 0.4) is 0 Å². The number of ether oxygens (including phenoxy) is 1. The summed E-state index contributed by atoms with van der Waals surface area (Å²) in [5, 5.41) is 9.13. The molecule has 0 saturated carbocycles. The van der Waals surface area contributed by atoms with E-state index in [1.54, 1.807) is 19.5 Å². The lowest BCUT2D eigenvalue weighted by atomic mass is 10.0. The predicted octanol–water partition coefficient (Wildman–Crippen LogP) is 2.56. The van der Waals surface area contributed by atoms with E-state index in [1.165, 1.54) is 0 Å². The Bertz CT molecular complexity index is 523. The van der Waals surface area contributed by atoms with Gasteiger partial charge in [0.2, 0.25) is 0 Å². The molecule has 0 aliphatic rings. The van der Waals surface area contributed by atoms with Crippen molar-refractivity contribution in [2.24, 2.45) is 0 Å². The minimum absolute atomic E-state index is 0.0719. The number of rotatable bonds is 3. The van der Waals surface area contributed by atoms with Gasteiger partial charge in [0.25, 0.3) is 0 Å². The predicted molar refractivity (Wildman–Crippen MR) is 66.9 cm³/mol. The number of aromatic nitrogens is 1. The molecule has 0 atom stereocenters. The van der Waals surface area contributed by atoms with Crippen LogP contribution < -0.4 is 4.74 Å². The Kier molecular flexibility index (Phi) is 3.40. The molecule has 0 radical (unpaired) electrons. The molecule has 0 bridgehead atoms. The first-order valence-electron chi connectivity index (χ1n) is 5.44. The Morgan fingerprint density at radius 2 is 2.00 bits per heavy atom. The highest BCUT2D eigenvalue weighted by atomic mass is 16.5. The number of pyridine rings is 1. The zero-order chi connectivity index (χ0) is 12.3. The molecular formula is C14H15NO2. The van der Waals surface area contributed by atoms with Crippen LogP contribution in [0.25, 0.3) is 11.1 Å². The van der Waals surface area contributed by atoms with Gasteiger partial charge in [-0.15, -0.1) is 0 Å². The van der Waals surface area contributed by atoms with Gasteiger partial charge < -0.3 is 9.84 Å². The molecule has 3 heteroatoms. The molecule has 0 saturated heterocycles. The highest BCUT2D eigenvalue weighted by Gasteiger charge is 2.03. The molecule has 2 rings (SSSR count). The number of aliphatic hydroxyl groups excluding tert-OH is 1. The number of methoxy groups -OCH3 is 1. The zero-order valence-corrected chi connectivity index (χ0v) is 9.97. The average Bonchev–Trinajstić information content (AvgIpc) is 2.38. The maximum Gasteiger partial charge on any atom is 0.137 e. The van der Waals surface area contributed by atoms with Crippen LogP contribution in [0.15, 0.2) is 36.7 Å². The quantitative estimate of drug-likeness (QED) is 0.879. The molecule has 17 heavy (non-hydrogen) atoms. The second kappa shape index (κ2) is 4.97. The maximum atomic E-state index is 9.13. The fourth-order valence-corrected chi connectivity index (χ4v) is 1.74. The summed E-state index contributed by atoms with van der Waals surface area (Å²) in [6.07, 6.45) is 3.48. The van der Waals surface area contributed by atoms with Crippen molar-refractivity contribution in [1.29, 1.82) is 0 Å². The summed E-state index contributed by atoms with van der Waals surface area (Å²) in [5.74, 6) is 0.742. The lowest BCUT2D eigenvalue weighted by Crippen LogP contribution is -1.90. The molecular weight excluding hydrogens is 214 g/mol. The molecule has 1 aromatic heterocycles. The summed E-state index contributed by atoms with van der Waals surface area (Å²) in [6, 6.07) is 7.90. The summed E-state index contributed by atoms with van der Waals surface area (Å²) in [5.41, 5.74) is 4.11. The molecule has 1 aromatic carbocycles. The Hall–Kier alpha value is -1.87. The van der Waals surface area contributed by atoms with E-state index >= 15 is 0 Å². The number of nitrogens with zero attached hydrogens (tertiary/aromatic N) is 1. The largest absolute Gasteiger partial charge is 0.495 e. The Labute approximate surface area is 101 Å². The van der Waals surface area contributed by atoms with E-state index in [0.29, 0.717) is 0 Å². The van der Waals surface area contributed by atoms with Crippen molar-refractivity contribution in [1.82, 2.24) is 4.98 Å². The van der Waals surface area contributed by atoms with Crippen molar-refractivity contribution in [3.05, 3.63) is 47.8 Å². The van der Waals surface area contributed by atoms with Crippen LogP contribution in [0.5, 0.6) is 5.75 Å². The van der Waals surface area contributed by atoms with E-state index < -0.39 is 0 Å². The first kappa shape index (κ1) is 11.6. The standard InChI is InChI=1S/C14H15NO2/c1-10-5-11(3-4-12(10)9-16)13-6-14(17-2)8-15-7-13/h3-8,16H,9H2,1-2H3. The SMILES string of the molecule is COc1cncc(-c2ccc(CO)c(C)c2)c1. The van der Waals surface area contributed by atoms with E-state index in [2.05, 4.69) is 4.98 Å². The van der Waals surface area contributed by atoms with Gasteiger partial charge in [0.1, 0.15) is 5.75 Å². The van der Waals surface area contributed by atoms with E-state index in [4.69, 9.17) is 9.84 Å². The zero-order valence-electron chi connectivity index (χ0n) is 9.97. The van der Waals surface area contributed by atoms with E-state index in [1.807, 2.05) is 31.2 Å². The summed E-state index contributed by atoms with van der Waals surface area (Å²) in [6.45, 7) is 2.06. The van der Waals surface area contributed by atoms with Crippen molar-refractivity contribution < 1.29 is 9.84 Å². The van der Waals surface area contributed by atoms with Gasteiger partial charge in [-0.05, 0) is 29.7 Å². The first-order valence-corrected chi connectivity index (χ1v) is 5.44. The van der Waals surface area contributed by atoms with Crippen LogP contribution >= 0.6 is 0 Å². The van der Waals surface area contributed by atoms with Gasteiger partial charge in [0.05, 0.1) is 19.9 Å². The van der Waals surface area contributed by atoms with Crippen molar-refractivity contribution >= 4 is 0 Å². The first-order chi connectivity index (χ1) is 8.24. The minimum atomic E-state index is 0.0719. The summed E-state index contributed by atoms with van der Waals surface area (Å²) in [4.78, 5) is 4.13. The van der Waals surface area contributed by atoms with Gasteiger partial charge in [-0.2, -0.15) is 0 Å². The van der Waals surface area contributed by atoms with Crippen LogP contribution in [0.2, 0.25) is 0 Å². The van der Waals surface area contributed by atoms with Crippen molar-refractivity contribution in [3.8, 4) is 16.9 Å². The fourth-order valence-electron chi connectivity index (χ4n) is 1.74. The fraction of sp³-hybridized carbons (Fsp3) is 0.214. The van der Waals surface area contributed by atoms with E-state index in [-0.39, 0.29) is 6.61 Å².